The number of hydrogen-bond donors (Lipinski definition) is 1. The molecule has 114 valence electrons. The molecule has 5 heteroatoms. The molecule has 1 fully saturated rings. The highest BCUT2D eigenvalue weighted by Crippen LogP contribution is 2.30. The lowest BCUT2D eigenvalue weighted by molar-refractivity contribution is 0.313. The lowest BCUT2D eigenvalue weighted by atomic mass is 9.89. The van der Waals surface area contributed by atoms with Crippen LogP contribution in [0.15, 0.2) is 11.0 Å². The third-order valence-corrected chi connectivity index (χ3v) is 5.44. The van der Waals surface area contributed by atoms with Crippen LogP contribution in [0.3, 0.4) is 0 Å². The highest BCUT2D eigenvalue weighted by atomic mass is 32.2. The quantitative estimate of drug-likeness (QED) is 0.928. The van der Waals surface area contributed by atoms with Crippen LogP contribution in [0.25, 0.3) is 0 Å². The summed E-state index contributed by atoms with van der Waals surface area (Å²) in [4.78, 5) is 0.289. The summed E-state index contributed by atoms with van der Waals surface area (Å²) in [6.07, 6.45) is 6.43. The molecule has 1 saturated carbocycles. The van der Waals surface area contributed by atoms with Crippen molar-refractivity contribution in [1.82, 2.24) is 4.57 Å². The molecule has 4 nitrogen and oxygen atoms in total. The first-order valence-electron chi connectivity index (χ1n) is 7.53. The molecule has 0 unspecified atom stereocenters. The molecule has 0 aromatic carbocycles. The Morgan fingerprint density at radius 3 is 2.40 bits per heavy atom. The van der Waals surface area contributed by atoms with Gasteiger partial charge in [-0.15, -0.1) is 0 Å². The Morgan fingerprint density at radius 1 is 1.30 bits per heavy atom. The average molecular weight is 298 g/mol. The van der Waals surface area contributed by atoms with E-state index in [1.165, 1.54) is 32.1 Å². The molecular weight excluding hydrogens is 272 g/mol. The van der Waals surface area contributed by atoms with E-state index in [1.807, 2.05) is 6.92 Å². The number of aromatic nitrogens is 1. The van der Waals surface area contributed by atoms with Crippen LogP contribution in [0.1, 0.15) is 63.3 Å². The normalized spacial score (nSPS) is 17.9. The highest BCUT2D eigenvalue weighted by Gasteiger charge is 2.23. The summed E-state index contributed by atoms with van der Waals surface area (Å²) in [5, 5.41) is 5.33. The zero-order valence-electron chi connectivity index (χ0n) is 12.7. The van der Waals surface area contributed by atoms with Crippen LogP contribution >= 0.6 is 0 Å². The summed E-state index contributed by atoms with van der Waals surface area (Å²) in [5.74, 6) is 0.966. The maximum absolute atomic E-state index is 11.7. The molecule has 1 aromatic heterocycles. The SMILES string of the molecule is Cc1c(S(N)(=O)=O)cc(C(C)C)n1CC1CCCCC1. The largest absolute Gasteiger partial charge is 0.347 e. The molecule has 0 atom stereocenters. The smallest absolute Gasteiger partial charge is 0.239 e. The predicted molar refractivity (Wildman–Crippen MR) is 81.2 cm³/mol. The number of primary sulfonamides is 1. The standard InChI is InChI=1S/C15H26N2O2S/c1-11(2)14-9-15(20(16,18)19)12(3)17(14)10-13-7-5-4-6-8-13/h9,11,13H,4-8,10H2,1-3H3,(H2,16,18,19). The summed E-state index contributed by atoms with van der Waals surface area (Å²) in [7, 11) is -3.63. The van der Waals surface area contributed by atoms with Gasteiger partial charge in [0, 0.05) is 17.9 Å². The van der Waals surface area contributed by atoms with Gasteiger partial charge >= 0.3 is 0 Å². The highest BCUT2D eigenvalue weighted by molar-refractivity contribution is 7.89. The third-order valence-electron chi connectivity index (χ3n) is 4.42. The minimum absolute atomic E-state index is 0.289. The molecule has 1 heterocycles. The summed E-state index contributed by atoms with van der Waals surface area (Å²) in [5.41, 5.74) is 1.87. The lowest BCUT2D eigenvalue weighted by Gasteiger charge is -2.25. The maximum atomic E-state index is 11.7. The van der Waals surface area contributed by atoms with Crippen molar-refractivity contribution in [3.63, 3.8) is 0 Å². The molecule has 20 heavy (non-hydrogen) atoms. The molecule has 0 bridgehead atoms. The van der Waals surface area contributed by atoms with Gasteiger partial charge in [0.2, 0.25) is 10.0 Å². The first-order valence-corrected chi connectivity index (χ1v) is 9.08. The summed E-state index contributed by atoms with van der Waals surface area (Å²) < 4.78 is 25.6. The van der Waals surface area contributed by atoms with E-state index in [2.05, 4.69) is 18.4 Å². The molecule has 0 saturated heterocycles. The fraction of sp³-hybridized carbons (Fsp3) is 0.733. The number of sulfonamides is 1. The van der Waals surface area contributed by atoms with Gasteiger partial charge in [-0.05, 0) is 37.7 Å². The maximum Gasteiger partial charge on any atom is 0.239 e. The number of rotatable bonds is 4. The van der Waals surface area contributed by atoms with Crippen LogP contribution in [-0.4, -0.2) is 13.0 Å². The molecule has 0 spiro atoms. The van der Waals surface area contributed by atoms with Crippen molar-refractivity contribution in [2.75, 3.05) is 0 Å². The van der Waals surface area contributed by atoms with Crippen molar-refractivity contribution >= 4 is 10.0 Å². The van der Waals surface area contributed by atoms with Gasteiger partial charge in [0.25, 0.3) is 0 Å². The second-order valence-electron chi connectivity index (χ2n) is 6.33. The van der Waals surface area contributed by atoms with Crippen molar-refractivity contribution in [3.05, 3.63) is 17.5 Å². The van der Waals surface area contributed by atoms with Crippen LogP contribution in [0, 0.1) is 12.8 Å². The van der Waals surface area contributed by atoms with Crippen LogP contribution in [0.4, 0.5) is 0 Å². The average Bonchev–Trinajstić information content (AvgIpc) is 2.68. The number of nitrogens with two attached hydrogens (primary N) is 1. The number of nitrogens with zero attached hydrogens (tertiary/aromatic N) is 1. The predicted octanol–water partition coefficient (Wildman–Crippen LogP) is 3.15. The molecule has 2 rings (SSSR count). The zero-order chi connectivity index (χ0) is 14.9. The van der Waals surface area contributed by atoms with E-state index in [4.69, 9.17) is 5.14 Å². The monoisotopic (exact) mass is 298 g/mol. The van der Waals surface area contributed by atoms with Crippen molar-refractivity contribution in [2.45, 2.75) is 70.2 Å². The van der Waals surface area contributed by atoms with Gasteiger partial charge in [0.05, 0.1) is 0 Å². The molecule has 0 aliphatic heterocycles. The molecule has 0 radical (unpaired) electrons. The lowest BCUT2D eigenvalue weighted by Crippen LogP contribution is -2.18. The summed E-state index contributed by atoms with van der Waals surface area (Å²) in [6, 6.07) is 1.76. The van der Waals surface area contributed by atoms with Gasteiger partial charge in [-0.1, -0.05) is 33.1 Å². The Morgan fingerprint density at radius 2 is 1.90 bits per heavy atom. The Hall–Kier alpha value is -0.810. The molecule has 1 aromatic rings. The van der Waals surface area contributed by atoms with E-state index >= 15 is 0 Å². The van der Waals surface area contributed by atoms with Gasteiger partial charge in [-0.3, -0.25) is 0 Å². The van der Waals surface area contributed by atoms with Crippen molar-refractivity contribution in [3.8, 4) is 0 Å². The van der Waals surface area contributed by atoms with E-state index in [-0.39, 0.29) is 4.90 Å². The second kappa shape index (κ2) is 5.90. The fourth-order valence-corrected chi connectivity index (χ4v) is 4.09. The van der Waals surface area contributed by atoms with Gasteiger partial charge in [0.1, 0.15) is 4.90 Å². The van der Waals surface area contributed by atoms with Gasteiger partial charge in [-0.2, -0.15) is 0 Å². The molecule has 0 amide bonds. The van der Waals surface area contributed by atoms with Crippen LogP contribution < -0.4 is 5.14 Å². The van der Waals surface area contributed by atoms with Crippen molar-refractivity contribution in [1.29, 1.82) is 0 Å². The van der Waals surface area contributed by atoms with E-state index < -0.39 is 10.0 Å². The second-order valence-corrected chi connectivity index (χ2v) is 7.86. The fourth-order valence-electron chi connectivity index (χ4n) is 3.28. The van der Waals surface area contributed by atoms with Crippen molar-refractivity contribution in [2.24, 2.45) is 11.1 Å². The van der Waals surface area contributed by atoms with Crippen LogP contribution in [0.5, 0.6) is 0 Å². The first-order chi connectivity index (χ1) is 9.30. The van der Waals surface area contributed by atoms with Gasteiger partial charge in [0.15, 0.2) is 0 Å². The Bertz CT molecular complexity index is 567. The summed E-state index contributed by atoms with van der Waals surface area (Å²) >= 11 is 0. The van der Waals surface area contributed by atoms with Gasteiger partial charge < -0.3 is 4.57 Å². The minimum atomic E-state index is -3.63. The minimum Gasteiger partial charge on any atom is -0.347 e. The number of hydrogen-bond acceptors (Lipinski definition) is 2. The zero-order valence-corrected chi connectivity index (χ0v) is 13.5. The Kier molecular flexibility index (Phi) is 4.59. The van der Waals surface area contributed by atoms with E-state index in [1.54, 1.807) is 6.07 Å². The van der Waals surface area contributed by atoms with Crippen LogP contribution in [-0.2, 0) is 16.6 Å². The molecule has 1 aliphatic rings. The molecule has 2 N–H and O–H groups in total. The van der Waals surface area contributed by atoms with Gasteiger partial charge in [-0.25, -0.2) is 13.6 Å². The topological polar surface area (TPSA) is 65.1 Å². The Labute approximate surface area is 122 Å². The van der Waals surface area contributed by atoms with Crippen molar-refractivity contribution < 1.29 is 8.42 Å². The Balaban J connectivity index is 2.37. The van der Waals surface area contributed by atoms with E-state index in [9.17, 15) is 8.42 Å². The van der Waals surface area contributed by atoms with E-state index in [0.717, 1.165) is 17.9 Å². The summed E-state index contributed by atoms with van der Waals surface area (Å²) in [6.45, 7) is 6.99. The third kappa shape index (κ3) is 3.26. The molecular formula is C15H26N2O2S. The van der Waals surface area contributed by atoms with Crippen LogP contribution in [0.2, 0.25) is 0 Å². The first kappa shape index (κ1) is 15.6. The molecule has 1 aliphatic carbocycles. The van der Waals surface area contributed by atoms with E-state index in [0.29, 0.717) is 11.8 Å².